The van der Waals surface area contributed by atoms with E-state index in [4.69, 9.17) is 9.47 Å². The molecule has 116 valence electrons. The van der Waals surface area contributed by atoms with Gasteiger partial charge < -0.3 is 19.7 Å². The van der Waals surface area contributed by atoms with Gasteiger partial charge in [0.2, 0.25) is 0 Å². The lowest BCUT2D eigenvalue weighted by Gasteiger charge is -2.33. The van der Waals surface area contributed by atoms with Gasteiger partial charge in [-0.25, -0.2) is 0 Å². The van der Waals surface area contributed by atoms with E-state index in [2.05, 4.69) is 10.2 Å². The van der Waals surface area contributed by atoms with Gasteiger partial charge in [0.15, 0.2) is 0 Å². The second kappa shape index (κ2) is 7.96. The molecular weight excluding hydrogens is 256 g/mol. The van der Waals surface area contributed by atoms with Crippen LogP contribution in [-0.4, -0.2) is 61.9 Å². The average molecular weight is 284 g/mol. The number of piperidine rings is 1. The van der Waals surface area contributed by atoms with Gasteiger partial charge in [0.25, 0.3) is 0 Å². The second-order valence-electron chi connectivity index (χ2n) is 5.70. The summed E-state index contributed by atoms with van der Waals surface area (Å²) in [6.45, 7) is 7.92. The molecule has 1 aliphatic heterocycles. The molecule has 1 N–H and O–H groups in total. The first-order valence-electron chi connectivity index (χ1n) is 7.99. The average Bonchev–Trinajstić information content (AvgIpc) is 3.25. The molecular formula is C15H28N2O3. The molecule has 1 saturated carbocycles. The van der Waals surface area contributed by atoms with Crippen molar-refractivity contribution in [2.24, 2.45) is 0 Å². The molecule has 1 heterocycles. The Morgan fingerprint density at radius 2 is 1.90 bits per heavy atom. The lowest BCUT2D eigenvalue weighted by atomic mass is 10.1. The number of nitrogens with one attached hydrogen (secondary N) is 1. The van der Waals surface area contributed by atoms with Crippen LogP contribution in [0.25, 0.3) is 0 Å². The first-order valence-corrected chi connectivity index (χ1v) is 7.99. The number of carbonyl (C=O) groups is 1. The zero-order chi connectivity index (χ0) is 14.4. The highest BCUT2D eigenvalue weighted by Gasteiger charge is 2.31. The van der Waals surface area contributed by atoms with Gasteiger partial charge in [-0.3, -0.25) is 4.79 Å². The molecule has 5 heteroatoms. The molecule has 0 aromatic heterocycles. The number of likely N-dealkylation sites (tertiary alicyclic amines) is 1. The van der Waals surface area contributed by atoms with E-state index in [9.17, 15) is 4.79 Å². The fourth-order valence-electron chi connectivity index (χ4n) is 2.73. The van der Waals surface area contributed by atoms with Crippen molar-refractivity contribution < 1.29 is 14.3 Å². The van der Waals surface area contributed by atoms with Gasteiger partial charge in [0.1, 0.15) is 6.04 Å². The standard InChI is InChI=1S/C15H28N2O3/c1-3-19-13-7-9-17(10-8-13)11-14(15(18)20-4-2)16-12-5-6-12/h12-14,16H,3-11H2,1-2H3. The monoisotopic (exact) mass is 284 g/mol. The van der Waals surface area contributed by atoms with Crippen molar-refractivity contribution in [3.8, 4) is 0 Å². The van der Waals surface area contributed by atoms with Crippen molar-refractivity contribution in [1.82, 2.24) is 10.2 Å². The lowest BCUT2D eigenvalue weighted by Crippen LogP contribution is -2.50. The van der Waals surface area contributed by atoms with Crippen LogP contribution in [0.3, 0.4) is 0 Å². The maximum atomic E-state index is 12.0. The van der Waals surface area contributed by atoms with Gasteiger partial charge in [-0.1, -0.05) is 0 Å². The van der Waals surface area contributed by atoms with Gasteiger partial charge in [0.05, 0.1) is 12.7 Å². The van der Waals surface area contributed by atoms with Crippen LogP contribution >= 0.6 is 0 Å². The summed E-state index contributed by atoms with van der Waals surface area (Å²) in [5.74, 6) is -0.105. The SMILES string of the molecule is CCOC(=O)C(CN1CCC(OCC)CC1)NC1CC1. The smallest absolute Gasteiger partial charge is 0.324 e. The number of ether oxygens (including phenoxy) is 2. The van der Waals surface area contributed by atoms with E-state index in [0.717, 1.165) is 39.1 Å². The highest BCUT2D eigenvalue weighted by Crippen LogP contribution is 2.20. The van der Waals surface area contributed by atoms with E-state index >= 15 is 0 Å². The minimum absolute atomic E-state index is 0.105. The quantitative estimate of drug-likeness (QED) is 0.678. The summed E-state index contributed by atoms with van der Waals surface area (Å²) in [5, 5.41) is 3.41. The molecule has 5 nitrogen and oxygen atoms in total. The van der Waals surface area contributed by atoms with Crippen molar-refractivity contribution in [3.63, 3.8) is 0 Å². The van der Waals surface area contributed by atoms with Crippen LogP contribution in [0.15, 0.2) is 0 Å². The van der Waals surface area contributed by atoms with E-state index in [-0.39, 0.29) is 12.0 Å². The van der Waals surface area contributed by atoms with Crippen molar-refractivity contribution in [2.75, 3.05) is 32.8 Å². The molecule has 2 fully saturated rings. The van der Waals surface area contributed by atoms with Crippen LogP contribution in [0.5, 0.6) is 0 Å². The lowest BCUT2D eigenvalue weighted by molar-refractivity contribution is -0.146. The van der Waals surface area contributed by atoms with Crippen LogP contribution in [0.1, 0.15) is 39.5 Å². The van der Waals surface area contributed by atoms with Crippen LogP contribution < -0.4 is 5.32 Å². The summed E-state index contributed by atoms with van der Waals surface area (Å²) in [4.78, 5) is 14.4. The molecule has 0 amide bonds. The molecule has 1 saturated heterocycles. The highest BCUT2D eigenvalue weighted by atomic mass is 16.5. The molecule has 2 aliphatic rings. The topological polar surface area (TPSA) is 50.8 Å². The number of carbonyl (C=O) groups excluding carboxylic acids is 1. The highest BCUT2D eigenvalue weighted by molar-refractivity contribution is 5.76. The molecule has 20 heavy (non-hydrogen) atoms. The summed E-state index contributed by atoms with van der Waals surface area (Å²) in [6, 6.07) is 0.344. The molecule has 0 aromatic rings. The Bertz CT molecular complexity index is 299. The summed E-state index contributed by atoms with van der Waals surface area (Å²) < 4.78 is 10.8. The van der Waals surface area contributed by atoms with Gasteiger partial charge in [0, 0.05) is 32.3 Å². The summed E-state index contributed by atoms with van der Waals surface area (Å²) in [6.07, 6.45) is 4.89. The summed E-state index contributed by atoms with van der Waals surface area (Å²) >= 11 is 0. The number of hydrogen-bond donors (Lipinski definition) is 1. The van der Waals surface area contributed by atoms with Crippen molar-refractivity contribution in [2.45, 2.75) is 57.7 Å². The number of hydrogen-bond acceptors (Lipinski definition) is 5. The van der Waals surface area contributed by atoms with Crippen molar-refractivity contribution in [3.05, 3.63) is 0 Å². The van der Waals surface area contributed by atoms with E-state index in [0.29, 0.717) is 18.8 Å². The molecule has 0 radical (unpaired) electrons. The first-order chi connectivity index (χ1) is 9.72. The molecule has 0 aromatic carbocycles. The molecule has 0 spiro atoms. The fraction of sp³-hybridized carbons (Fsp3) is 0.933. The largest absolute Gasteiger partial charge is 0.465 e. The Morgan fingerprint density at radius 3 is 2.45 bits per heavy atom. The van der Waals surface area contributed by atoms with Crippen molar-refractivity contribution >= 4 is 5.97 Å². The third-order valence-corrected chi connectivity index (χ3v) is 3.96. The maximum absolute atomic E-state index is 12.0. The molecule has 1 atom stereocenters. The molecule has 1 aliphatic carbocycles. The zero-order valence-electron chi connectivity index (χ0n) is 12.8. The Morgan fingerprint density at radius 1 is 1.20 bits per heavy atom. The van der Waals surface area contributed by atoms with Crippen LogP contribution in [0.4, 0.5) is 0 Å². The Kier molecular flexibility index (Phi) is 6.26. The number of esters is 1. The molecule has 1 unspecified atom stereocenters. The first kappa shape index (κ1) is 15.7. The predicted molar refractivity (Wildman–Crippen MR) is 77.7 cm³/mol. The number of rotatable bonds is 8. The van der Waals surface area contributed by atoms with Gasteiger partial charge in [-0.2, -0.15) is 0 Å². The Labute approximate surface area is 122 Å². The third-order valence-electron chi connectivity index (χ3n) is 3.96. The normalized spacial score (nSPS) is 22.7. The van der Waals surface area contributed by atoms with Crippen LogP contribution in [0.2, 0.25) is 0 Å². The van der Waals surface area contributed by atoms with E-state index < -0.39 is 0 Å². The number of nitrogens with zero attached hydrogens (tertiary/aromatic N) is 1. The molecule has 0 bridgehead atoms. The van der Waals surface area contributed by atoms with Gasteiger partial charge in [-0.05, 0) is 39.5 Å². The van der Waals surface area contributed by atoms with Crippen LogP contribution in [0, 0.1) is 0 Å². The Balaban J connectivity index is 1.77. The maximum Gasteiger partial charge on any atom is 0.324 e. The van der Waals surface area contributed by atoms with Crippen molar-refractivity contribution in [1.29, 1.82) is 0 Å². The minimum Gasteiger partial charge on any atom is -0.465 e. The van der Waals surface area contributed by atoms with Gasteiger partial charge in [-0.15, -0.1) is 0 Å². The molecule has 2 rings (SSSR count). The van der Waals surface area contributed by atoms with E-state index in [1.165, 1.54) is 12.8 Å². The van der Waals surface area contributed by atoms with Gasteiger partial charge >= 0.3 is 5.97 Å². The second-order valence-corrected chi connectivity index (χ2v) is 5.70. The summed E-state index contributed by atoms with van der Waals surface area (Å²) in [5.41, 5.74) is 0. The van der Waals surface area contributed by atoms with Crippen LogP contribution in [-0.2, 0) is 14.3 Å². The third kappa shape index (κ3) is 5.04. The summed E-state index contributed by atoms with van der Waals surface area (Å²) in [7, 11) is 0. The predicted octanol–water partition coefficient (Wildman–Crippen LogP) is 1.17. The zero-order valence-corrected chi connectivity index (χ0v) is 12.8. The fourth-order valence-corrected chi connectivity index (χ4v) is 2.73. The van der Waals surface area contributed by atoms with E-state index in [1.54, 1.807) is 0 Å². The minimum atomic E-state index is -0.175. The van der Waals surface area contributed by atoms with E-state index in [1.807, 2.05) is 13.8 Å². The Hall–Kier alpha value is -0.650.